The van der Waals surface area contributed by atoms with Gasteiger partial charge in [0.15, 0.2) is 0 Å². The molecular formula is C19H22FN7OS. The number of halogens is 1. The predicted octanol–water partition coefficient (Wildman–Crippen LogP) is 2.25. The van der Waals surface area contributed by atoms with Crippen LogP contribution < -0.4 is 10.2 Å². The summed E-state index contributed by atoms with van der Waals surface area (Å²) in [5.41, 5.74) is 2.01. The van der Waals surface area contributed by atoms with Crippen LogP contribution in [0, 0.1) is 5.41 Å². The van der Waals surface area contributed by atoms with E-state index in [1.54, 1.807) is 30.5 Å². The molecule has 0 aliphatic carbocycles. The number of allylic oxidation sites excluding steroid dienone is 1. The second-order valence-corrected chi connectivity index (χ2v) is 7.96. The summed E-state index contributed by atoms with van der Waals surface area (Å²) in [4.78, 5) is 30.3. The van der Waals surface area contributed by atoms with Crippen LogP contribution >= 0.6 is 11.3 Å². The number of piperidine rings is 1. The highest BCUT2D eigenvalue weighted by Gasteiger charge is 2.30. The summed E-state index contributed by atoms with van der Waals surface area (Å²) in [6.45, 7) is 1.56. The van der Waals surface area contributed by atoms with Crippen molar-refractivity contribution >= 4 is 29.4 Å². The van der Waals surface area contributed by atoms with Crippen molar-refractivity contribution in [2.75, 3.05) is 31.6 Å². The maximum atomic E-state index is 13.6. The summed E-state index contributed by atoms with van der Waals surface area (Å²) in [6.07, 6.45) is 7.33. The number of carbonyl (C=O) groups is 1. The zero-order valence-electron chi connectivity index (χ0n) is 16.1. The minimum Gasteiger partial charge on any atom is -0.392 e. The van der Waals surface area contributed by atoms with Gasteiger partial charge in [0.2, 0.25) is 5.95 Å². The Morgan fingerprint density at radius 3 is 2.86 bits per heavy atom. The lowest BCUT2D eigenvalue weighted by molar-refractivity contribution is 0.0804. The molecule has 152 valence electrons. The average molecular weight is 415 g/mol. The van der Waals surface area contributed by atoms with Gasteiger partial charge in [-0.2, -0.15) is 0 Å². The first kappa shape index (κ1) is 19.4. The summed E-state index contributed by atoms with van der Waals surface area (Å²) in [5, 5.41) is 11.1. The van der Waals surface area contributed by atoms with Crippen LogP contribution in [0.3, 0.4) is 0 Å². The molecule has 2 aliphatic rings. The van der Waals surface area contributed by atoms with Crippen LogP contribution in [0.25, 0.3) is 10.6 Å². The highest BCUT2D eigenvalue weighted by Crippen LogP contribution is 2.32. The smallest absolute Gasteiger partial charge is 0.270 e. The van der Waals surface area contributed by atoms with E-state index in [1.165, 1.54) is 11.3 Å². The van der Waals surface area contributed by atoms with Crippen molar-refractivity contribution in [3.8, 4) is 10.6 Å². The van der Waals surface area contributed by atoms with Crippen LogP contribution in [0.4, 0.5) is 10.3 Å². The van der Waals surface area contributed by atoms with Crippen LogP contribution in [-0.4, -0.2) is 64.8 Å². The van der Waals surface area contributed by atoms with Gasteiger partial charge in [0.1, 0.15) is 16.1 Å². The van der Waals surface area contributed by atoms with Crippen molar-refractivity contribution in [3.63, 3.8) is 0 Å². The average Bonchev–Trinajstić information content (AvgIpc) is 3.18. The van der Waals surface area contributed by atoms with Gasteiger partial charge in [-0.25, -0.2) is 19.3 Å². The molecule has 1 unspecified atom stereocenters. The molecule has 1 fully saturated rings. The summed E-state index contributed by atoms with van der Waals surface area (Å²) in [5.74, 6) is 0.368. The lowest BCUT2D eigenvalue weighted by atomic mass is 10.1. The molecule has 10 heteroatoms. The first-order valence-corrected chi connectivity index (χ1v) is 10.3. The largest absolute Gasteiger partial charge is 0.392 e. The molecule has 2 aromatic heterocycles. The van der Waals surface area contributed by atoms with Gasteiger partial charge in [-0.05, 0) is 12.8 Å². The van der Waals surface area contributed by atoms with E-state index in [4.69, 9.17) is 5.41 Å². The molecule has 1 amide bonds. The number of thiazole rings is 1. The van der Waals surface area contributed by atoms with Gasteiger partial charge in [0, 0.05) is 56.9 Å². The van der Waals surface area contributed by atoms with E-state index in [0.717, 1.165) is 30.4 Å². The van der Waals surface area contributed by atoms with Crippen molar-refractivity contribution in [1.29, 1.82) is 5.41 Å². The first-order valence-electron chi connectivity index (χ1n) is 9.51. The van der Waals surface area contributed by atoms with E-state index in [2.05, 4.69) is 20.3 Å². The van der Waals surface area contributed by atoms with Crippen molar-refractivity contribution < 1.29 is 9.18 Å². The SMILES string of the molecule is CN/C=C(\C=N)N1CCc2nc(-c3cnc(N4CCCC(F)C4)nc3)sc2C1=O. The van der Waals surface area contributed by atoms with E-state index < -0.39 is 6.17 Å². The van der Waals surface area contributed by atoms with Gasteiger partial charge >= 0.3 is 0 Å². The Labute approximate surface area is 172 Å². The van der Waals surface area contributed by atoms with Crippen molar-refractivity contribution in [2.24, 2.45) is 0 Å². The topological polar surface area (TPSA) is 98.1 Å². The second-order valence-electron chi connectivity index (χ2n) is 6.96. The summed E-state index contributed by atoms with van der Waals surface area (Å²) in [7, 11) is 1.73. The molecular weight excluding hydrogens is 393 g/mol. The van der Waals surface area contributed by atoms with Crippen LogP contribution in [-0.2, 0) is 6.42 Å². The molecule has 2 aliphatic heterocycles. The Kier molecular flexibility index (Phi) is 5.52. The lowest BCUT2D eigenvalue weighted by Gasteiger charge is -2.28. The Balaban J connectivity index is 1.55. The Hall–Kier alpha value is -2.88. The van der Waals surface area contributed by atoms with Gasteiger partial charge in [0.25, 0.3) is 5.91 Å². The quantitative estimate of drug-likeness (QED) is 0.727. The molecule has 4 rings (SSSR count). The minimum absolute atomic E-state index is 0.153. The number of rotatable bonds is 5. The zero-order chi connectivity index (χ0) is 20.4. The number of nitrogens with zero attached hydrogens (tertiary/aromatic N) is 5. The molecule has 0 radical (unpaired) electrons. The fraction of sp³-hybridized carbons (Fsp3) is 0.421. The van der Waals surface area contributed by atoms with Crippen LogP contribution in [0.1, 0.15) is 28.2 Å². The summed E-state index contributed by atoms with van der Waals surface area (Å²) >= 11 is 1.31. The zero-order valence-corrected chi connectivity index (χ0v) is 16.9. The van der Waals surface area contributed by atoms with Crippen molar-refractivity contribution in [3.05, 3.63) is 34.9 Å². The summed E-state index contributed by atoms with van der Waals surface area (Å²) < 4.78 is 13.6. The number of hydrogen-bond acceptors (Lipinski definition) is 8. The van der Waals surface area contributed by atoms with E-state index >= 15 is 0 Å². The van der Waals surface area contributed by atoms with Crippen LogP contribution in [0.5, 0.6) is 0 Å². The van der Waals surface area contributed by atoms with Gasteiger partial charge < -0.3 is 20.5 Å². The fourth-order valence-corrected chi connectivity index (χ4v) is 4.58. The third-order valence-corrected chi connectivity index (χ3v) is 6.13. The van der Waals surface area contributed by atoms with Crippen LogP contribution in [0.15, 0.2) is 24.3 Å². The standard InChI is InChI=1S/C19H22FN7OS/c1-22-10-14(7-21)27-6-4-15-16(18(27)28)29-17(25-15)12-8-23-19(24-9-12)26-5-2-3-13(20)11-26/h7-10,13,21-22H,2-6,11H2,1H3/b14-10+,21-7?. The molecule has 29 heavy (non-hydrogen) atoms. The summed E-state index contributed by atoms with van der Waals surface area (Å²) in [6, 6.07) is 0. The molecule has 0 spiro atoms. The monoisotopic (exact) mass is 415 g/mol. The minimum atomic E-state index is -0.838. The Bertz CT molecular complexity index is 943. The molecule has 0 aromatic carbocycles. The second kappa shape index (κ2) is 8.24. The third kappa shape index (κ3) is 3.84. The number of alkyl halides is 1. The normalized spacial score (nSPS) is 19.9. The Morgan fingerprint density at radius 2 is 2.17 bits per heavy atom. The highest BCUT2D eigenvalue weighted by atomic mass is 32.1. The molecule has 4 heterocycles. The van der Waals surface area contributed by atoms with Gasteiger partial charge in [-0.3, -0.25) is 4.79 Å². The molecule has 2 aromatic rings. The van der Waals surface area contributed by atoms with Crippen molar-refractivity contribution in [1.82, 2.24) is 25.2 Å². The number of aromatic nitrogens is 3. The van der Waals surface area contributed by atoms with E-state index in [9.17, 15) is 9.18 Å². The maximum absolute atomic E-state index is 13.6. The van der Waals surface area contributed by atoms with Gasteiger partial charge in [-0.1, -0.05) is 0 Å². The molecule has 2 N–H and O–H groups in total. The molecule has 0 bridgehead atoms. The third-order valence-electron chi connectivity index (χ3n) is 4.99. The van der Waals surface area contributed by atoms with Crippen LogP contribution in [0.2, 0.25) is 0 Å². The number of amides is 1. The lowest BCUT2D eigenvalue weighted by Crippen LogP contribution is -2.37. The molecule has 1 saturated heterocycles. The fourth-order valence-electron chi connectivity index (χ4n) is 3.55. The number of hydrogen-bond donors (Lipinski definition) is 2. The number of fused-ring (bicyclic) bond motifs is 1. The number of nitrogens with one attached hydrogen (secondary N) is 2. The molecule has 1 atom stereocenters. The molecule has 8 nitrogen and oxygen atoms in total. The molecule has 0 saturated carbocycles. The highest BCUT2D eigenvalue weighted by molar-refractivity contribution is 7.17. The predicted molar refractivity (Wildman–Crippen MR) is 110 cm³/mol. The van der Waals surface area contributed by atoms with Crippen molar-refractivity contribution in [2.45, 2.75) is 25.4 Å². The van der Waals surface area contributed by atoms with Gasteiger partial charge in [0.05, 0.1) is 17.9 Å². The number of carbonyl (C=O) groups excluding carboxylic acids is 1. The number of anilines is 1. The first-order chi connectivity index (χ1) is 14.1. The van der Waals surface area contributed by atoms with E-state index in [-0.39, 0.29) is 5.91 Å². The Morgan fingerprint density at radius 1 is 1.38 bits per heavy atom. The van der Waals surface area contributed by atoms with E-state index in [0.29, 0.717) is 47.5 Å². The maximum Gasteiger partial charge on any atom is 0.270 e. The van der Waals surface area contributed by atoms with E-state index in [1.807, 2.05) is 4.90 Å². The van der Waals surface area contributed by atoms with Gasteiger partial charge in [-0.15, -0.1) is 11.3 Å².